The molecule has 0 aliphatic rings. The minimum absolute atomic E-state index is 0.0147. The normalized spacial score (nSPS) is 12.0. The average Bonchev–Trinajstić information content (AvgIpc) is 2.52. The summed E-state index contributed by atoms with van der Waals surface area (Å²) in [7, 11) is 1.57. The Morgan fingerprint density at radius 2 is 2.00 bits per heavy atom. The van der Waals surface area contributed by atoms with Gasteiger partial charge in [0.15, 0.2) is 5.84 Å². The molecule has 21 heavy (non-hydrogen) atoms. The second-order valence-electron chi connectivity index (χ2n) is 4.81. The number of para-hydroxylation sites is 1. The van der Waals surface area contributed by atoms with E-state index >= 15 is 0 Å². The largest absolute Gasteiger partial charge is 0.496 e. The molecule has 0 saturated heterocycles. The highest BCUT2D eigenvalue weighted by Gasteiger charge is 2.33. The van der Waals surface area contributed by atoms with Gasteiger partial charge in [-0.25, -0.2) is 0 Å². The Kier molecular flexibility index (Phi) is 6.02. The molecule has 4 N–H and O–H groups in total. The van der Waals surface area contributed by atoms with E-state index in [0.29, 0.717) is 18.6 Å². The highest BCUT2D eigenvalue weighted by atomic mass is 16.5. The second-order valence-corrected chi connectivity index (χ2v) is 4.81. The minimum Gasteiger partial charge on any atom is -0.496 e. The van der Waals surface area contributed by atoms with Gasteiger partial charge in [-0.3, -0.25) is 4.79 Å². The van der Waals surface area contributed by atoms with Crippen LogP contribution in [0.2, 0.25) is 0 Å². The third kappa shape index (κ3) is 3.87. The van der Waals surface area contributed by atoms with E-state index in [1.165, 1.54) is 0 Å². The van der Waals surface area contributed by atoms with Crippen molar-refractivity contribution in [3.63, 3.8) is 0 Å². The summed E-state index contributed by atoms with van der Waals surface area (Å²) in [6.45, 7) is 3.76. The number of carbonyl (C=O) groups excluding carboxylic acids is 1. The summed E-state index contributed by atoms with van der Waals surface area (Å²) in [5, 5.41) is 14.8. The number of amidine groups is 1. The number of ether oxygens (including phenoxy) is 1. The minimum atomic E-state index is -0.826. The highest BCUT2D eigenvalue weighted by molar-refractivity contribution is 5.94. The van der Waals surface area contributed by atoms with Gasteiger partial charge >= 0.3 is 0 Å². The molecule has 0 unspecified atom stereocenters. The van der Waals surface area contributed by atoms with Crippen molar-refractivity contribution in [2.75, 3.05) is 7.11 Å². The summed E-state index contributed by atoms with van der Waals surface area (Å²) < 4.78 is 5.23. The summed E-state index contributed by atoms with van der Waals surface area (Å²) in [5.41, 5.74) is 5.70. The lowest BCUT2D eigenvalue weighted by atomic mass is 9.91. The number of rotatable bonds is 7. The van der Waals surface area contributed by atoms with Crippen molar-refractivity contribution in [1.29, 1.82) is 0 Å². The van der Waals surface area contributed by atoms with Crippen LogP contribution in [0.5, 0.6) is 5.75 Å². The first-order valence-corrected chi connectivity index (χ1v) is 6.93. The molecule has 0 radical (unpaired) electrons. The van der Waals surface area contributed by atoms with Crippen molar-refractivity contribution < 1.29 is 14.7 Å². The lowest BCUT2D eigenvalue weighted by Crippen LogP contribution is -2.57. The number of nitrogens with two attached hydrogens (primary N) is 1. The lowest BCUT2D eigenvalue weighted by molar-refractivity contribution is -0.121. The number of nitrogens with zero attached hydrogens (tertiary/aromatic N) is 1. The number of hydrogen-bond acceptors (Lipinski definition) is 4. The zero-order valence-electron chi connectivity index (χ0n) is 12.7. The van der Waals surface area contributed by atoms with E-state index in [1.54, 1.807) is 13.2 Å². The molecule has 1 rings (SSSR count). The van der Waals surface area contributed by atoms with Crippen molar-refractivity contribution >= 4 is 11.7 Å². The van der Waals surface area contributed by atoms with Crippen LogP contribution in [0.25, 0.3) is 0 Å². The molecular weight excluding hydrogens is 270 g/mol. The Hall–Kier alpha value is -2.24. The summed E-state index contributed by atoms with van der Waals surface area (Å²) in [5.74, 6) is 0.478. The Bertz CT molecular complexity index is 511. The molecule has 0 aromatic heterocycles. The number of oxime groups is 1. The molecule has 0 bridgehead atoms. The number of carbonyl (C=O) groups is 1. The van der Waals surface area contributed by atoms with Crippen LogP contribution >= 0.6 is 0 Å². The predicted octanol–water partition coefficient (Wildman–Crippen LogP) is 1.66. The molecule has 116 valence electrons. The van der Waals surface area contributed by atoms with Gasteiger partial charge in [-0.1, -0.05) is 37.2 Å². The second kappa shape index (κ2) is 7.52. The van der Waals surface area contributed by atoms with E-state index in [-0.39, 0.29) is 18.2 Å². The quantitative estimate of drug-likeness (QED) is 0.308. The molecular formula is C15H23N3O3. The molecule has 0 saturated carbocycles. The van der Waals surface area contributed by atoms with Crippen LogP contribution < -0.4 is 15.8 Å². The van der Waals surface area contributed by atoms with Gasteiger partial charge in [0.2, 0.25) is 5.91 Å². The molecule has 1 aromatic carbocycles. The van der Waals surface area contributed by atoms with Gasteiger partial charge in [0.05, 0.1) is 13.5 Å². The summed E-state index contributed by atoms with van der Waals surface area (Å²) >= 11 is 0. The van der Waals surface area contributed by atoms with E-state index < -0.39 is 5.54 Å². The smallest absolute Gasteiger partial charge is 0.225 e. The van der Waals surface area contributed by atoms with Crippen molar-refractivity contribution in [3.8, 4) is 5.75 Å². The number of hydrogen-bond donors (Lipinski definition) is 3. The van der Waals surface area contributed by atoms with Gasteiger partial charge in [-0.05, 0) is 18.9 Å². The predicted molar refractivity (Wildman–Crippen MR) is 81.6 cm³/mol. The van der Waals surface area contributed by atoms with Crippen LogP contribution in [-0.2, 0) is 11.2 Å². The van der Waals surface area contributed by atoms with Gasteiger partial charge in [-0.2, -0.15) is 0 Å². The molecule has 6 nitrogen and oxygen atoms in total. The van der Waals surface area contributed by atoms with Crippen LogP contribution in [0.1, 0.15) is 32.3 Å². The summed E-state index contributed by atoms with van der Waals surface area (Å²) in [4.78, 5) is 12.3. The molecule has 0 aliphatic heterocycles. The van der Waals surface area contributed by atoms with Crippen LogP contribution in [0.3, 0.4) is 0 Å². The monoisotopic (exact) mass is 293 g/mol. The number of methoxy groups -OCH3 is 1. The summed E-state index contributed by atoms with van der Waals surface area (Å²) in [6.07, 6.45) is 1.25. The van der Waals surface area contributed by atoms with Crippen molar-refractivity contribution in [3.05, 3.63) is 29.8 Å². The molecule has 0 heterocycles. The van der Waals surface area contributed by atoms with Gasteiger partial charge in [0, 0.05) is 5.56 Å². The number of amides is 1. The maximum atomic E-state index is 12.3. The first kappa shape index (κ1) is 16.8. The van der Waals surface area contributed by atoms with Crippen LogP contribution in [-0.4, -0.2) is 29.6 Å². The van der Waals surface area contributed by atoms with Crippen molar-refractivity contribution in [1.82, 2.24) is 5.32 Å². The SMILES string of the molecule is CCC(CC)(NC(=O)Cc1ccccc1OC)/C(N)=N/O. The standard InChI is InChI=1S/C15H23N3O3/c1-4-15(5-2,14(16)18-20)17-13(19)10-11-8-6-7-9-12(11)21-3/h6-9,20H,4-5,10H2,1-3H3,(H2,16,18)(H,17,19). The maximum Gasteiger partial charge on any atom is 0.225 e. The van der Waals surface area contributed by atoms with Crippen molar-refractivity contribution in [2.45, 2.75) is 38.6 Å². The first-order chi connectivity index (χ1) is 10.0. The third-order valence-electron chi connectivity index (χ3n) is 3.73. The topological polar surface area (TPSA) is 96.9 Å². The fourth-order valence-electron chi connectivity index (χ4n) is 2.28. The Morgan fingerprint density at radius 3 is 2.52 bits per heavy atom. The van der Waals surface area contributed by atoms with Crippen LogP contribution in [0.4, 0.5) is 0 Å². The van der Waals surface area contributed by atoms with Crippen molar-refractivity contribution in [2.24, 2.45) is 10.9 Å². The van der Waals surface area contributed by atoms with Gasteiger partial charge in [0.1, 0.15) is 11.3 Å². The third-order valence-corrected chi connectivity index (χ3v) is 3.73. The van der Waals surface area contributed by atoms with E-state index in [2.05, 4.69) is 10.5 Å². The van der Waals surface area contributed by atoms with E-state index in [9.17, 15) is 4.79 Å². The lowest BCUT2D eigenvalue weighted by Gasteiger charge is -2.31. The number of nitrogens with one attached hydrogen (secondary N) is 1. The molecule has 6 heteroatoms. The fraction of sp³-hybridized carbons (Fsp3) is 0.467. The fourth-order valence-corrected chi connectivity index (χ4v) is 2.28. The Morgan fingerprint density at radius 1 is 1.38 bits per heavy atom. The molecule has 0 fully saturated rings. The van der Waals surface area contributed by atoms with Gasteiger partial charge in [0.25, 0.3) is 0 Å². The zero-order valence-corrected chi connectivity index (χ0v) is 12.7. The van der Waals surface area contributed by atoms with E-state index in [0.717, 1.165) is 5.56 Å². The molecule has 1 aromatic rings. The molecule has 0 spiro atoms. The number of benzene rings is 1. The summed E-state index contributed by atoms with van der Waals surface area (Å²) in [6, 6.07) is 7.33. The Labute approximate surface area is 125 Å². The maximum absolute atomic E-state index is 12.3. The average molecular weight is 293 g/mol. The van der Waals surface area contributed by atoms with Crippen LogP contribution in [0.15, 0.2) is 29.4 Å². The van der Waals surface area contributed by atoms with Crippen LogP contribution in [0, 0.1) is 0 Å². The zero-order chi connectivity index (χ0) is 15.9. The van der Waals surface area contributed by atoms with Gasteiger partial charge in [-0.15, -0.1) is 0 Å². The molecule has 0 aliphatic carbocycles. The molecule has 1 amide bonds. The first-order valence-electron chi connectivity index (χ1n) is 6.93. The highest BCUT2D eigenvalue weighted by Crippen LogP contribution is 2.20. The van der Waals surface area contributed by atoms with Gasteiger partial charge < -0.3 is 21.0 Å². The van der Waals surface area contributed by atoms with E-state index in [1.807, 2.05) is 32.0 Å². The van der Waals surface area contributed by atoms with E-state index in [4.69, 9.17) is 15.7 Å². The Balaban J connectivity index is 2.89. The molecule has 0 atom stereocenters.